The number of aryl methyl sites for hydroxylation is 1. The zero-order valence-electron chi connectivity index (χ0n) is 14.9. The summed E-state index contributed by atoms with van der Waals surface area (Å²) in [6, 6.07) is 12.9. The number of nitrogens with zero attached hydrogens (tertiary/aromatic N) is 2. The van der Waals surface area contributed by atoms with Gasteiger partial charge in [0.15, 0.2) is 0 Å². The van der Waals surface area contributed by atoms with Gasteiger partial charge in [0.1, 0.15) is 11.4 Å². The Hall–Kier alpha value is -2.59. The number of fused-ring (bicyclic) bond motifs is 1. The summed E-state index contributed by atoms with van der Waals surface area (Å²) in [7, 11) is 0. The molecular formula is C21H21ClN2O2. The van der Waals surface area contributed by atoms with Gasteiger partial charge >= 0.3 is 0 Å². The summed E-state index contributed by atoms with van der Waals surface area (Å²) in [5, 5.41) is 0.424. The third kappa shape index (κ3) is 4.14. The molecule has 0 aliphatic carbocycles. The highest BCUT2D eigenvalue weighted by Crippen LogP contribution is 2.22. The van der Waals surface area contributed by atoms with Gasteiger partial charge in [0, 0.05) is 12.3 Å². The molecule has 0 saturated heterocycles. The minimum atomic E-state index is -0.153. The molecule has 3 aromatic rings. The molecule has 0 fully saturated rings. The smallest absolute Gasteiger partial charge is 0.258 e. The van der Waals surface area contributed by atoms with E-state index in [0.29, 0.717) is 16.4 Å². The second-order valence-corrected chi connectivity index (χ2v) is 6.53. The molecule has 0 radical (unpaired) electrons. The predicted molar refractivity (Wildman–Crippen MR) is 107 cm³/mol. The van der Waals surface area contributed by atoms with Crippen LogP contribution in [0.5, 0.6) is 5.75 Å². The topological polar surface area (TPSA) is 43.6 Å². The number of aromatic nitrogens is 2. The molecule has 2 aromatic heterocycles. The summed E-state index contributed by atoms with van der Waals surface area (Å²) >= 11 is 6.43. The van der Waals surface area contributed by atoms with E-state index in [9.17, 15) is 4.79 Å². The number of benzene rings is 1. The summed E-state index contributed by atoms with van der Waals surface area (Å²) in [5.74, 6) is 0.837. The van der Waals surface area contributed by atoms with Crippen LogP contribution in [0.15, 0.2) is 53.5 Å². The van der Waals surface area contributed by atoms with Crippen LogP contribution in [0.4, 0.5) is 0 Å². The fraction of sp³-hybridized carbons (Fsp3) is 0.238. The summed E-state index contributed by atoms with van der Waals surface area (Å²) in [5.41, 5.74) is 2.77. The van der Waals surface area contributed by atoms with E-state index in [-0.39, 0.29) is 5.56 Å². The third-order valence-electron chi connectivity index (χ3n) is 4.07. The Balaban J connectivity index is 1.86. The first-order valence-corrected chi connectivity index (χ1v) is 9.06. The molecule has 134 valence electrons. The summed E-state index contributed by atoms with van der Waals surface area (Å²) in [6.07, 6.45) is 5.65. The summed E-state index contributed by atoms with van der Waals surface area (Å²) in [6.45, 7) is 4.77. The van der Waals surface area contributed by atoms with Crippen molar-refractivity contribution in [1.29, 1.82) is 0 Å². The van der Waals surface area contributed by atoms with Crippen molar-refractivity contribution in [2.45, 2.75) is 26.7 Å². The quantitative estimate of drug-likeness (QED) is 0.580. The monoisotopic (exact) mass is 368 g/mol. The maximum Gasteiger partial charge on any atom is 0.258 e. The number of unbranched alkanes of at least 4 members (excludes halogenated alkanes) is 1. The van der Waals surface area contributed by atoms with Gasteiger partial charge in [-0.3, -0.25) is 9.20 Å². The van der Waals surface area contributed by atoms with Crippen molar-refractivity contribution in [3.63, 3.8) is 0 Å². The van der Waals surface area contributed by atoms with Crippen molar-refractivity contribution in [1.82, 2.24) is 9.38 Å². The van der Waals surface area contributed by atoms with Crippen molar-refractivity contribution in [3.8, 4) is 5.75 Å². The fourth-order valence-electron chi connectivity index (χ4n) is 2.60. The lowest BCUT2D eigenvalue weighted by Gasteiger charge is -2.07. The van der Waals surface area contributed by atoms with Crippen molar-refractivity contribution < 1.29 is 4.74 Å². The zero-order chi connectivity index (χ0) is 18.5. The minimum Gasteiger partial charge on any atom is -0.494 e. The van der Waals surface area contributed by atoms with Crippen molar-refractivity contribution >= 4 is 28.4 Å². The average Bonchev–Trinajstić information content (AvgIpc) is 2.64. The van der Waals surface area contributed by atoms with E-state index in [4.69, 9.17) is 16.3 Å². The van der Waals surface area contributed by atoms with Crippen molar-refractivity contribution in [2.75, 3.05) is 6.61 Å². The summed E-state index contributed by atoms with van der Waals surface area (Å²) < 4.78 is 7.18. The third-order valence-corrected chi connectivity index (χ3v) is 4.37. The van der Waals surface area contributed by atoms with Crippen molar-refractivity contribution in [2.24, 2.45) is 0 Å². The van der Waals surface area contributed by atoms with E-state index < -0.39 is 0 Å². The van der Waals surface area contributed by atoms with Gasteiger partial charge in [-0.1, -0.05) is 43.1 Å². The predicted octanol–water partition coefficient (Wildman–Crippen LogP) is 4.92. The van der Waals surface area contributed by atoms with E-state index in [1.54, 1.807) is 12.3 Å². The van der Waals surface area contributed by atoms with E-state index in [0.717, 1.165) is 36.3 Å². The average molecular weight is 369 g/mol. The van der Waals surface area contributed by atoms with E-state index in [2.05, 4.69) is 11.9 Å². The number of hydrogen-bond acceptors (Lipinski definition) is 3. The first kappa shape index (κ1) is 18.2. The van der Waals surface area contributed by atoms with Crippen LogP contribution in [0.1, 0.15) is 36.6 Å². The van der Waals surface area contributed by atoms with Crippen LogP contribution in [-0.4, -0.2) is 16.0 Å². The van der Waals surface area contributed by atoms with Crippen molar-refractivity contribution in [3.05, 3.63) is 75.8 Å². The molecule has 0 amide bonds. The second-order valence-electron chi connectivity index (χ2n) is 6.13. The van der Waals surface area contributed by atoms with Gasteiger partial charge in [-0.15, -0.1) is 0 Å². The molecule has 3 rings (SSSR count). The molecule has 0 N–H and O–H groups in total. The van der Waals surface area contributed by atoms with Crippen LogP contribution in [0, 0.1) is 6.92 Å². The van der Waals surface area contributed by atoms with Gasteiger partial charge in [-0.2, -0.15) is 0 Å². The van der Waals surface area contributed by atoms with Crippen LogP contribution in [0.3, 0.4) is 0 Å². The maximum absolute atomic E-state index is 12.3. The first-order chi connectivity index (χ1) is 12.6. The largest absolute Gasteiger partial charge is 0.494 e. The number of rotatable bonds is 6. The fourth-order valence-corrected chi connectivity index (χ4v) is 2.82. The number of halogens is 1. The zero-order valence-corrected chi connectivity index (χ0v) is 15.7. The van der Waals surface area contributed by atoms with Crippen LogP contribution in [0.2, 0.25) is 0 Å². The Labute approximate surface area is 157 Å². The van der Waals surface area contributed by atoms with E-state index in [1.807, 2.05) is 43.3 Å². The van der Waals surface area contributed by atoms with Crippen LogP contribution < -0.4 is 10.3 Å². The molecule has 5 heteroatoms. The van der Waals surface area contributed by atoms with E-state index in [1.165, 1.54) is 10.5 Å². The number of ether oxygens (including phenoxy) is 1. The highest BCUT2D eigenvalue weighted by Gasteiger charge is 2.07. The van der Waals surface area contributed by atoms with Crippen LogP contribution in [-0.2, 0) is 0 Å². The van der Waals surface area contributed by atoms with Gasteiger partial charge in [-0.05, 0) is 48.7 Å². The molecule has 1 aromatic carbocycles. The molecule has 0 aliphatic heterocycles. The maximum atomic E-state index is 12.3. The SMILES string of the molecule is CCCCOc1ccc(/C=C(\Cl)c2cc(=O)n3cccc(C)c3n2)cc1. The minimum absolute atomic E-state index is 0.153. The van der Waals surface area contributed by atoms with Gasteiger partial charge in [-0.25, -0.2) is 4.98 Å². The molecule has 4 nitrogen and oxygen atoms in total. The molecule has 0 unspecified atom stereocenters. The molecule has 0 spiro atoms. The Morgan fingerprint density at radius 1 is 1.27 bits per heavy atom. The molecule has 0 atom stereocenters. The highest BCUT2D eigenvalue weighted by atomic mass is 35.5. The highest BCUT2D eigenvalue weighted by molar-refractivity contribution is 6.51. The standard InChI is InChI=1S/C21H21ClN2O2/c1-3-4-12-26-17-9-7-16(8-10-17)13-18(22)19-14-20(25)24-11-5-6-15(2)21(24)23-19/h5-11,13-14H,3-4,12H2,1-2H3/b18-13-. The van der Waals surface area contributed by atoms with Gasteiger partial charge in [0.25, 0.3) is 5.56 Å². The van der Waals surface area contributed by atoms with Crippen LogP contribution in [0.25, 0.3) is 16.8 Å². The molecule has 26 heavy (non-hydrogen) atoms. The lowest BCUT2D eigenvalue weighted by atomic mass is 10.2. The Morgan fingerprint density at radius 2 is 2.04 bits per heavy atom. The molecular weight excluding hydrogens is 348 g/mol. The molecule has 0 aliphatic rings. The lowest BCUT2D eigenvalue weighted by molar-refractivity contribution is 0.309. The van der Waals surface area contributed by atoms with E-state index >= 15 is 0 Å². The number of hydrogen-bond donors (Lipinski definition) is 0. The van der Waals surface area contributed by atoms with Gasteiger partial charge < -0.3 is 4.74 Å². The number of pyridine rings is 1. The lowest BCUT2D eigenvalue weighted by Crippen LogP contribution is -2.15. The van der Waals surface area contributed by atoms with Gasteiger partial charge in [0.05, 0.1) is 17.3 Å². The Morgan fingerprint density at radius 3 is 2.77 bits per heavy atom. The Kier molecular flexibility index (Phi) is 5.74. The first-order valence-electron chi connectivity index (χ1n) is 8.68. The normalized spacial score (nSPS) is 11.7. The Bertz CT molecular complexity index is 991. The van der Waals surface area contributed by atoms with Gasteiger partial charge in [0.2, 0.25) is 0 Å². The van der Waals surface area contributed by atoms with Crippen LogP contribution >= 0.6 is 11.6 Å². The molecule has 2 heterocycles. The second kappa shape index (κ2) is 8.19. The molecule has 0 saturated carbocycles. The summed E-state index contributed by atoms with van der Waals surface area (Å²) in [4.78, 5) is 16.8. The molecule has 0 bridgehead atoms.